The number of benzene rings is 1. The molecule has 0 nitrogen and oxygen atoms in total. The predicted molar refractivity (Wildman–Crippen MR) is 73.3 cm³/mol. The van der Waals surface area contributed by atoms with Gasteiger partial charge in [-0.05, 0) is 40.9 Å². The van der Waals surface area contributed by atoms with Gasteiger partial charge >= 0.3 is 0 Å². The molecule has 0 aromatic heterocycles. The van der Waals surface area contributed by atoms with E-state index in [2.05, 4.69) is 59.7 Å². The quantitative estimate of drug-likeness (QED) is 0.630. The van der Waals surface area contributed by atoms with Crippen LogP contribution in [0.5, 0.6) is 0 Å². The normalized spacial score (nSPS) is 13.5. The van der Waals surface area contributed by atoms with Crippen LogP contribution in [-0.4, -0.2) is 0 Å². The standard InChI is InChI=1S/C16H26/c1-7-13(6)16-14(11(2)3)9-8-10-15(16)12(4)5/h8-13H,7H2,1-6H3. The van der Waals surface area contributed by atoms with E-state index in [0.717, 1.165) is 0 Å². The van der Waals surface area contributed by atoms with Crippen LogP contribution in [0.3, 0.4) is 0 Å². The molecule has 0 aliphatic rings. The van der Waals surface area contributed by atoms with Crippen LogP contribution < -0.4 is 0 Å². The highest BCUT2D eigenvalue weighted by Crippen LogP contribution is 2.34. The van der Waals surface area contributed by atoms with Crippen molar-refractivity contribution < 1.29 is 0 Å². The van der Waals surface area contributed by atoms with E-state index in [4.69, 9.17) is 0 Å². The first kappa shape index (κ1) is 13.3. The molecule has 0 N–H and O–H groups in total. The summed E-state index contributed by atoms with van der Waals surface area (Å²) < 4.78 is 0. The third-order valence-corrected chi connectivity index (χ3v) is 3.52. The van der Waals surface area contributed by atoms with Gasteiger partial charge in [-0.15, -0.1) is 0 Å². The molecule has 0 fully saturated rings. The molecule has 90 valence electrons. The Labute approximate surface area is 101 Å². The molecule has 16 heavy (non-hydrogen) atoms. The van der Waals surface area contributed by atoms with Crippen molar-refractivity contribution in [3.05, 3.63) is 34.9 Å². The molecule has 1 rings (SSSR count). The Morgan fingerprint density at radius 2 is 1.31 bits per heavy atom. The van der Waals surface area contributed by atoms with Gasteiger partial charge in [0.25, 0.3) is 0 Å². The summed E-state index contributed by atoms with van der Waals surface area (Å²) in [4.78, 5) is 0. The average Bonchev–Trinajstić information content (AvgIpc) is 2.26. The molecule has 1 unspecified atom stereocenters. The van der Waals surface area contributed by atoms with Crippen molar-refractivity contribution in [2.45, 2.75) is 65.7 Å². The van der Waals surface area contributed by atoms with Crippen molar-refractivity contribution in [2.24, 2.45) is 0 Å². The van der Waals surface area contributed by atoms with Crippen LogP contribution >= 0.6 is 0 Å². The summed E-state index contributed by atoms with van der Waals surface area (Å²) in [5.41, 5.74) is 4.69. The number of hydrogen-bond acceptors (Lipinski definition) is 0. The molecule has 0 radical (unpaired) electrons. The summed E-state index contributed by atoms with van der Waals surface area (Å²) in [7, 11) is 0. The van der Waals surface area contributed by atoms with Crippen molar-refractivity contribution in [3.8, 4) is 0 Å². The van der Waals surface area contributed by atoms with Crippen LogP contribution in [0.1, 0.15) is 82.4 Å². The van der Waals surface area contributed by atoms with E-state index in [1.54, 1.807) is 16.7 Å². The molecule has 0 saturated carbocycles. The van der Waals surface area contributed by atoms with E-state index in [-0.39, 0.29) is 0 Å². The number of hydrogen-bond donors (Lipinski definition) is 0. The second-order valence-corrected chi connectivity index (χ2v) is 5.47. The minimum atomic E-state index is 0.627. The van der Waals surface area contributed by atoms with Crippen molar-refractivity contribution in [1.82, 2.24) is 0 Å². The molecular formula is C16H26. The molecule has 0 heterocycles. The van der Waals surface area contributed by atoms with Crippen molar-refractivity contribution in [2.75, 3.05) is 0 Å². The SMILES string of the molecule is CCC(C)c1c(C(C)C)cccc1C(C)C. The monoisotopic (exact) mass is 218 g/mol. The summed E-state index contributed by atoms with van der Waals surface area (Å²) in [6, 6.07) is 6.83. The lowest BCUT2D eigenvalue weighted by atomic mass is 9.82. The van der Waals surface area contributed by atoms with Gasteiger partial charge < -0.3 is 0 Å². The van der Waals surface area contributed by atoms with Gasteiger partial charge in [0.05, 0.1) is 0 Å². The highest BCUT2D eigenvalue weighted by Gasteiger charge is 2.17. The molecule has 1 atom stereocenters. The maximum absolute atomic E-state index is 2.35. The van der Waals surface area contributed by atoms with Gasteiger partial charge in [-0.25, -0.2) is 0 Å². The minimum absolute atomic E-state index is 0.627. The third kappa shape index (κ3) is 2.66. The fourth-order valence-corrected chi connectivity index (χ4v) is 2.38. The summed E-state index contributed by atoms with van der Waals surface area (Å²) in [6.07, 6.45) is 1.23. The maximum Gasteiger partial charge on any atom is -0.0187 e. The molecule has 0 spiro atoms. The summed E-state index contributed by atoms with van der Waals surface area (Å²) >= 11 is 0. The maximum atomic E-state index is 2.35. The van der Waals surface area contributed by atoms with Crippen LogP contribution in [0.25, 0.3) is 0 Å². The molecule has 0 aliphatic heterocycles. The first-order valence-corrected chi connectivity index (χ1v) is 6.61. The smallest absolute Gasteiger partial charge is 0.0187 e. The zero-order valence-electron chi connectivity index (χ0n) is 11.7. The van der Waals surface area contributed by atoms with Crippen LogP contribution in [0.4, 0.5) is 0 Å². The van der Waals surface area contributed by atoms with Gasteiger partial charge in [0.1, 0.15) is 0 Å². The Morgan fingerprint density at radius 3 is 1.62 bits per heavy atom. The van der Waals surface area contributed by atoms with E-state index in [0.29, 0.717) is 17.8 Å². The molecular weight excluding hydrogens is 192 g/mol. The Hall–Kier alpha value is -0.780. The van der Waals surface area contributed by atoms with Crippen LogP contribution in [-0.2, 0) is 0 Å². The summed E-state index contributed by atoms with van der Waals surface area (Å²) in [5.74, 6) is 1.93. The Balaban J connectivity index is 3.34. The van der Waals surface area contributed by atoms with E-state index < -0.39 is 0 Å². The lowest BCUT2D eigenvalue weighted by Crippen LogP contribution is -2.06. The summed E-state index contributed by atoms with van der Waals surface area (Å²) in [6.45, 7) is 13.8. The Kier molecular flexibility index (Phi) is 4.58. The predicted octanol–water partition coefficient (Wildman–Crippen LogP) is 5.45. The van der Waals surface area contributed by atoms with Crippen LogP contribution in [0, 0.1) is 0 Å². The molecule has 0 bridgehead atoms. The zero-order valence-corrected chi connectivity index (χ0v) is 11.7. The lowest BCUT2D eigenvalue weighted by molar-refractivity contribution is 0.684. The van der Waals surface area contributed by atoms with Crippen molar-refractivity contribution in [1.29, 1.82) is 0 Å². The van der Waals surface area contributed by atoms with Gasteiger partial charge in [-0.1, -0.05) is 59.7 Å². The minimum Gasteiger partial charge on any atom is -0.0648 e. The fraction of sp³-hybridized carbons (Fsp3) is 0.625. The molecule has 0 amide bonds. The first-order valence-electron chi connectivity index (χ1n) is 6.61. The van der Waals surface area contributed by atoms with Gasteiger partial charge in [0, 0.05) is 0 Å². The molecule has 1 aromatic carbocycles. The van der Waals surface area contributed by atoms with E-state index >= 15 is 0 Å². The topological polar surface area (TPSA) is 0 Å². The van der Waals surface area contributed by atoms with Gasteiger partial charge in [-0.3, -0.25) is 0 Å². The van der Waals surface area contributed by atoms with Crippen LogP contribution in [0.15, 0.2) is 18.2 Å². The molecule has 0 saturated heterocycles. The van der Waals surface area contributed by atoms with E-state index in [9.17, 15) is 0 Å². The summed E-state index contributed by atoms with van der Waals surface area (Å²) in [5, 5.41) is 0. The molecule has 0 heteroatoms. The zero-order chi connectivity index (χ0) is 12.3. The first-order chi connectivity index (χ1) is 7.49. The highest BCUT2D eigenvalue weighted by atomic mass is 14.2. The Bertz CT molecular complexity index is 308. The second kappa shape index (κ2) is 5.52. The van der Waals surface area contributed by atoms with E-state index in [1.807, 2.05) is 0 Å². The third-order valence-electron chi connectivity index (χ3n) is 3.52. The van der Waals surface area contributed by atoms with Crippen molar-refractivity contribution >= 4 is 0 Å². The second-order valence-electron chi connectivity index (χ2n) is 5.47. The molecule has 0 aliphatic carbocycles. The Morgan fingerprint density at radius 1 is 0.875 bits per heavy atom. The number of rotatable bonds is 4. The largest absolute Gasteiger partial charge is 0.0648 e. The van der Waals surface area contributed by atoms with Gasteiger partial charge in [-0.2, -0.15) is 0 Å². The molecule has 1 aromatic rings. The fourth-order valence-electron chi connectivity index (χ4n) is 2.38. The lowest BCUT2D eigenvalue weighted by Gasteiger charge is -2.23. The highest BCUT2D eigenvalue weighted by molar-refractivity contribution is 5.41. The van der Waals surface area contributed by atoms with Gasteiger partial charge in [0.2, 0.25) is 0 Å². The average molecular weight is 218 g/mol. The van der Waals surface area contributed by atoms with Crippen molar-refractivity contribution in [3.63, 3.8) is 0 Å². The van der Waals surface area contributed by atoms with E-state index in [1.165, 1.54) is 6.42 Å². The van der Waals surface area contributed by atoms with Gasteiger partial charge in [0.15, 0.2) is 0 Å². The van der Waals surface area contributed by atoms with Crippen LogP contribution in [0.2, 0.25) is 0 Å².